The second-order valence-electron chi connectivity index (χ2n) is 8.00. The lowest BCUT2D eigenvalue weighted by Gasteiger charge is -2.09. The van der Waals surface area contributed by atoms with Gasteiger partial charge in [-0.2, -0.15) is 0 Å². The molecule has 2 nitrogen and oxygen atoms in total. The van der Waals surface area contributed by atoms with Gasteiger partial charge in [-0.05, 0) is 22.8 Å². The van der Waals surface area contributed by atoms with Crippen LogP contribution in [0.3, 0.4) is 0 Å². The standard InChI is InChI=1S/C31H21NO/c1-3-11-22(12-4-1)24-15-7-8-16-25(24)30-26-17-9-10-18-27(26)31(33-30)28-19-20-32-21-29(28)23-13-5-2-6-14-23/h1-21H. The summed E-state index contributed by atoms with van der Waals surface area (Å²) in [6, 6.07) is 39.7. The topological polar surface area (TPSA) is 26.0 Å². The molecule has 0 radical (unpaired) electrons. The van der Waals surface area contributed by atoms with Crippen molar-refractivity contribution in [2.24, 2.45) is 0 Å². The molecule has 0 saturated carbocycles. The van der Waals surface area contributed by atoms with Crippen molar-refractivity contribution in [3.63, 3.8) is 0 Å². The zero-order valence-corrected chi connectivity index (χ0v) is 18.0. The average molecular weight is 424 g/mol. The Kier molecular flexibility index (Phi) is 4.82. The van der Waals surface area contributed by atoms with E-state index >= 15 is 0 Å². The molecule has 33 heavy (non-hydrogen) atoms. The van der Waals surface area contributed by atoms with Crippen molar-refractivity contribution in [3.8, 4) is 44.9 Å². The van der Waals surface area contributed by atoms with Crippen LogP contribution in [0.4, 0.5) is 0 Å². The molecule has 0 amide bonds. The summed E-state index contributed by atoms with van der Waals surface area (Å²) >= 11 is 0. The largest absolute Gasteiger partial charge is 0.455 e. The van der Waals surface area contributed by atoms with E-state index in [-0.39, 0.29) is 0 Å². The molecule has 0 aliphatic heterocycles. The Morgan fingerprint density at radius 3 is 1.55 bits per heavy atom. The van der Waals surface area contributed by atoms with Crippen molar-refractivity contribution in [1.29, 1.82) is 0 Å². The molecule has 6 aromatic rings. The highest BCUT2D eigenvalue weighted by Gasteiger charge is 2.20. The third-order valence-corrected chi connectivity index (χ3v) is 6.03. The zero-order valence-electron chi connectivity index (χ0n) is 18.0. The molecule has 0 aliphatic rings. The predicted octanol–water partition coefficient (Wildman–Crippen LogP) is 8.50. The molecule has 0 aliphatic carbocycles. The van der Waals surface area contributed by atoms with Crippen LogP contribution in [-0.4, -0.2) is 4.98 Å². The molecule has 0 saturated heterocycles. The van der Waals surface area contributed by atoms with Gasteiger partial charge in [0.2, 0.25) is 0 Å². The number of fused-ring (bicyclic) bond motifs is 1. The zero-order chi connectivity index (χ0) is 22.0. The van der Waals surface area contributed by atoms with Crippen LogP contribution in [-0.2, 0) is 0 Å². The number of nitrogens with zero attached hydrogens (tertiary/aromatic N) is 1. The van der Waals surface area contributed by atoms with Gasteiger partial charge in [0.1, 0.15) is 11.5 Å². The molecule has 0 N–H and O–H groups in total. The molecule has 0 atom stereocenters. The Balaban J connectivity index is 1.61. The van der Waals surface area contributed by atoms with Crippen molar-refractivity contribution >= 4 is 10.8 Å². The highest BCUT2D eigenvalue weighted by Crippen LogP contribution is 2.44. The number of hydrogen-bond donors (Lipinski definition) is 0. The van der Waals surface area contributed by atoms with Gasteiger partial charge in [0, 0.05) is 39.9 Å². The SMILES string of the molecule is c1ccc(-c2ccccc2-c2oc(-c3ccncc3-c3ccccc3)c3ccccc23)cc1. The highest BCUT2D eigenvalue weighted by atomic mass is 16.3. The number of rotatable bonds is 4. The first-order valence-electron chi connectivity index (χ1n) is 11.1. The molecular weight excluding hydrogens is 402 g/mol. The maximum Gasteiger partial charge on any atom is 0.143 e. The molecule has 156 valence electrons. The molecule has 2 heteroatoms. The molecule has 0 spiro atoms. The Hall–Kier alpha value is -4.43. The molecule has 4 aromatic carbocycles. The van der Waals surface area contributed by atoms with Crippen LogP contribution in [0.5, 0.6) is 0 Å². The van der Waals surface area contributed by atoms with Gasteiger partial charge in [0.05, 0.1) is 0 Å². The molecule has 0 bridgehead atoms. The smallest absolute Gasteiger partial charge is 0.143 e. The van der Waals surface area contributed by atoms with Gasteiger partial charge in [-0.15, -0.1) is 0 Å². The van der Waals surface area contributed by atoms with Crippen LogP contribution in [0.1, 0.15) is 0 Å². The van der Waals surface area contributed by atoms with E-state index in [9.17, 15) is 0 Å². The Labute approximate surface area is 192 Å². The van der Waals surface area contributed by atoms with Gasteiger partial charge in [0.25, 0.3) is 0 Å². The van der Waals surface area contributed by atoms with E-state index in [1.54, 1.807) is 0 Å². The summed E-state index contributed by atoms with van der Waals surface area (Å²) in [4.78, 5) is 4.40. The lowest BCUT2D eigenvalue weighted by atomic mass is 9.96. The van der Waals surface area contributed by atoms with Crippen LogP contribution in [0.15, 0.2) is 132 Å². The van der Waals surface area contributed by atoms with E-state index in [0.717, 1.165) is 50.1 Å². The Morgan fingerprint density at radius 1 is 0.424 bits per heavy atom. The van der Waals surface area contributed by atoms with Gasteiger partial charge < -0.3 is 4.42 Å². The fourth-order valence-corrected chi connectivity index (χ4v) is 4.48. The van der Waals surface area contributed by atoms with Crippen LogP contribution >= 0.6 is 0 Å². The number of pyridine rings is 1. The minimum Gasteiger partial charge on any atom is -0.455 e. The molecule has 0 fully saturated rings. The normalized spacial score (nSPS) is 11.0. The fourth-order valence-electron chi connectivity index (χ4n) is 4.48. The van der Waals surface area contributed by atoms with Gasteiger partial charge >= 0.3 is 0 Å². The third-order valence-electron chi connectivity index (χ3n) is 6.03. The third kappa shape index (κ3) is 3.42. The van der Waals surface area contributed by atoms with Crippen molar-refractivity contribution in [2.45, 2.75) is 0 Å². The van der Waals surface area contributed by atoms with E-state index in [1.165, 1.54) is 5.56 Å². The van der Waals surface area contributed by atoms with Gasteiger partial charge in [-0.1, -0.05) is 109 Å². The van der Waals surface area contributed by atoms with Crippen molar-refractivity contribution in [3.05, 3.63) is 128 Å². The highest BCUT2D eigenvalue weighted by molar-refractivity contribution is 6.06. The molecule has 2 aromatic heterocycles. The fraction of sp³-hybridized carbons (Fsp3) is 0. The average Bonchev–Trinajstić information content (AvgIpc) is 3.29. The monoisotopic (exact) mass is 423 g/mol. The van der Waals surface area contributed by atoms with Gasteiger partial charge in [-0.25, -0.2) is 0 Å². The maximum atomic E-state index is 6.73. The minimum atomic E-state index is 0.865. The molecular formula is C31H21NO. The quantitative estimate of drug-likeness (QED) is 0.284. The van der Waals surface area contributed by atoms with E-state index < -0.39 is 0 Å². The minimum absolute atomic E-state index is 0.865. The van der Waals surface area contributed by atoms with E-state index in [0.29, 0.717) is 0 Å². The summed E-state index contributed by atoms with van der Waals surface area (Å²) in [7, 11) is 0. The lowest BCUT2D eigenvalue weighted by Crippen LogP contribution is -1.86. The second kappa shape index (κ2) is 8.25. The van der Waals surface area contributed by atoms with Gasteiger partial charge in [-0.3, -0.25) is 4.98 Å². The second-order valence-corrected chi connectivity index (χ2v) is 8.00. The van der Waals surface area contributed by atoms with Crippen LogP contribution < -0.4 is 0 Å². The van der Waals surface area contributed by atoms with E-state index in [1.807, 2.05) is 42.7 Å². The first-order chi connectivity index (χ1) is 16.4. The van der Waals surface area contributed by atoms with E-state index in [2.05, 4.69) is 89.9 Å². The summed E-state index contributed by atoms with van der Waals surface area (Å²) in [6.07, 6.45) is 3.75. The lowest BCUT2D eigenvalue weighted by molar-refractivity contribution is 0.602. The van der Waals surface area contributed by atoms with E-state index in [4.69, 9.17) is 4.42 Å². The Morgan fingerprint density at radius 2 is 0.909 bits per heavy atom. The Bertz CT molecular complexity index is 1430. The predicted molar refractivity (Wildman–Crippen MR) is 136 cm³/mol. The van der Waals surface area contributed by atoms with Crippen LogP contribution in [0, 0.1) is 0 Å². The van der Waals surface area contributed by atoms with Crippen LogP contribution in [0.2, 0.25) is 0 Å². The molecule has 2 heterocycles. The first-order valence-corrected chi connectivity index (χ1v) is 11.1. The van der Waals surface area contributed by atoms with Crippen LogP contribution in [0.25, 0.3) is 55.7 Å². The summed E-state index contributed by atoms with van der Waals surface area (Å²) in [5.41, 5.74) is 6.62. The maximum absolute atomic E-state index is 6.73. The van der Waals surface area contributed by atoms with Crippen molar-refractivity contribution in [1.82, 2.24) is 4.98 Å². The number of hydrogen-bond acceptors (Lipinski definition) is 2. The summed E-state index contributed by atoms with van der Waals surface area (Å²) in [6.45, 7) is 0. The summed E-state index contributed by atoms with van der Waals surface area (Å²) in [5, 5.41) is 2.20. The number of aromatic nitrogens is 1. The first kappa shape index (κ1) is 19.3. The summed E-state index contributed by atoms with van der Waals surface area (Å²) in [5.74, 6) is 1.75. The molecule has 6 rings (SSSR count). The van der Waals surface area contributed by atoms with Crippen molar-refractivity contribution in [2.75, 3.05) is 0 Å². The van der Waals surface area contributed by atoms with Crippen molar-refractivity contribution < 1.29 is 4.42 Å². The van der Waals surface area contributed by atoms with Gasteiger partial charge in [0.15, 0.2) is 0 Å². The number of furan rings is 1. The summed E-state index contributed by atoms with van der Waals surface area (Å²) < 4.78 is 6.73. The number of benzene rings is 4. The molecule has 0 unspecified atom stereocenters.